The molecular formula is C11H14N2OS. The number of hydrogen-bond donors (Lipinski definition) is 1. The average Bonchev–Trinajstić information content (AvgIpc) is 2.57. The van der Waals surface area contributed by atoms with Gasteiger partial charge in [0, 0.05) is 11.3 Å². The van der Waals surface area contributed by atoms with Gasteiger partial charge in [0.1, 0.15) is 5.75 Å². The first kappa shape index (κ1) is 10.4. The smallest absolute Gasteiger partial charge is 0.166 e. The van der Waals surface area contributed by atoms with Gasteiger partial charge in [-0.3, -0.25) is 0 Å². The predicted molar refractivity (Wildman–Crippen MR) is 63.6 cm³/mol. The lowest BCUT2D eigenvalue weighted by Crippen LogP contribution is -1.86. The Morgan fingerprint density at radius 3 is 2.87 bits per heavy atom. The normalized spacial score (nSPS) is 11.2. The Morgan fingerprint density at radius 2 is 2.20 bits per heavy atom. The zero-order chi connectivity index (χ0) is 10.8. The standard InChI is InChI=1S/C11H14N2OS/c1-7(2)15-11-12-9-5-4-8(14-3)6-10(9)13-11/h4-7H,1-3H3,(H,12,13). The highest BCUT2D eigenvalue weighted by Crippen LogP contribution is 2.25. The fourth-order valence-electron chi connectivity index (χ4n) is 1.37. The van der Waals surface area contributed by atoms with E-state index < -0.39 is 0 Å². The van der Waals surface area contributed by atoms with Crippen molar-refractivity contribution < 1.29 is 4.74 Å². The quantitative estimate of drug-likeness (QED) is 0.811. The predicted octanol–water partition coefficient (Wildman–Crippen LogP) is 3.07. The lowest BCUT2D eigenvalue weighted by molar-refractivity contribution is 0.415. The van der Waals surface area contributed by atoms with Crippen LogP contribution in [-0.2, 0) is 0 Å². The number of H-pyrrole nitrogens is 1. The molecule has 0 fully saturated rings. The van der Waals surface area contributed by atoms with E-state index in [4.69, 9.17) is 4.74 Å². The number of nitrogens with zero attached hydrogens (tertiary/aromatic N) is 1. The molecular weight excluding hydrogens is 208 g/mol. The van der Waals surface area contributed by atoms with E-state index in [-0.39, 0.29) is 0 Å². The fourth-order valence-corrected chi connectivity index (χ4v) is 2.14. The SMILES string of the molecule is COc1ccc2nc(SC(C)C)[nH]c2c1. The molecule has 1 aromatic heterocycles. The van der Waals surface area contributed by atoms with Gasteiger partial charge in [-0.2, -0.15) is 0 Å². The Morgan fingerprint density at radius 1 is 1.40 bits per heavy atom. The van der Waals surface area contributed by atoms with Crippen LogP contribution >= 0.6 is 11.8 Å². The second-order valence-corrected chi connectivity index (χ2v) is 5.16. The van der Waals surface area contributed by atoms with E-state index in [0.717, 1.165) is 21.9 Å². The number of aromatic amines is 1. The van der Waals surface area contributed by atoms with E-state index in [9.17, 15) is 0 Å². The number of fused-ring (bicyclic) bond motifs is 1. The largest absolute Gasteiger partial charge is 0.497 e. The molecule has 2 aromatic rings. The van der Waals surface area contributed by atoms with Crippen LogP contribution in [0.5, 0.6) is 5.75 Å². The maximum atomic E-state index is 5.16. The van der Waals surface area contributed by atoms with Crippen LogP contribution in [0.25, 0.3) is 11.0 Å². The molecule has 0 saturated carbocycles. The number of thioether (sulfide) groups is 1. The Kier molecular flexibility index (Phi) is 2.86. The minimum absolute atomic E-state index is 0.535. The number of rotatable bonds is 3. The Hall–Kier alpha value is -1.16. The van der Waals surface area contributed by atoms with Crippen molar-refractivity contribution in [2.75, 3.05) is 7.11 Å². The number of benzene rings is 1. The second kappa shape index (κ2) is 4.14. The number of aromatic nitrogens is 2. The zero-order valence-corrected chi connectivity index (χ0v) is 9.89. The summed E-state index contributed by atoms with van der Waals surface area (Å²) in [6, 6.07) is 5.86. The first-order valence-electron chi connectivity index (χ1n) is 4.89. The van der Waals surface area contributed by atoms with E-state index in [1.165, 1.54) is 0 Å². The van der Waals surface area contributed by atoms with Crippen LogP contribution in [0.4, 0.5) is 0 Å². The van der Waals surface area contributed by atoms with Gasteiger partial charge in [-0.1, -0.05) is 25.6 Å². The van der Waals surface area contributed by atoms with E-state index in [1.807, 2.05) is 18.2 Å². The lowest BCUT2D eigenvalue weighted by Gasteiger charge is -1.98. The zero-order valence-electron chi connectivity index (χ0n) is 9.07. The van der Waals surface area contributed by atoms with Crippen LogP contribution in [0.15, 0.2) is 23.4 Å². The molecule has 80 valence electrons. The van der Waals surface area contributed by atoms with Crippen molar-refractivity contribution in [1.82, 2.24) is 9.97 Å². The van der Waals surface area contributed by atoms with E-state index in [1.54, 1.807) is 18.9 Å². The van der Waals surface area contributed by atoms with E-state index >= 15 is 0 Å². The maximum absolute atomic E-state index is 5.16. The summed E-state index contributed by atoms with van der Waals surface area (Å²) in [4.78, 5) is 7.75. The van der Waals surface area contributed by atoms with Crippen LogP contribution in [0.2, 0.25) is 0 Å². The number of ether oxygens (including phenoxy) is 1. The minimum Gasteiger partial charge on any atom is -0.497 e. The molecule has 1 heterocycles. The minimum atomic E-state index is 0.535. The summed E-state index contributed by atoms with van der Waals surface area (Å²) >= 11 is 1.73. The molecule has 0 aliphatic carbocycles. The highest BCUT2D eigenvalue weighted by Gasteiger charge is 2.05. The second-order valence-electron chi connectivity index (χ2n) is 3.59. The van der Waals surface area contributed by atoms with Gasteiger partial charge in [0.15, 0.2) is 5.16 Å². The van der Waals surface area contributed by atoms with Crippen molar-refractivity contribution in [2.45, 2.75) is 24.3 Å². The third kappa shape index (κ3) is 2.26. The Labute approximate surface area is 93.2 Å². The van der Waals surface area contributed by atoms with Crippen molar-refractivity contribution in [1.29, 1.82) is 0 Å². The van der Waals surface area contributed by atoms with Gasteiger partial charge in [-0.25, -0.2) is 4.98 Å². The molecule has 0 amide bonds. The van der Waals surface area contributed by atoms with Crippen LogP contribution < -0.4 is 4.74 Å². The van der Waals surface area contributed by atoms with E-state index in [2.05, 4.69) is 23.8 Å². The van der Waals surface area contributed by atoms with Crippen LogP contribution in [-0.4, -0.2) is 22.3 Å². The summed E-state index contributed by atoms with van der Waals surface area (Å²) in [5, 5.41) is 1.50. The van der Waals surface area contributed by atoms with Crippen molar-refractivity contribution in [3.8, 4) is 5.75 Å². The van der Waals surface area contributed by atoms with Gasteiger partial charge >= 0.3 is 0 Å². The first-order chi connectivity index (χ1) is 7.19. The van der Waals surface area contributed by atoms with Gasteiger partial charge in [0.2, 0.25) is 0 Å². The molecule has 0 bridgehead atoms. The van der Waals surface area contributed by atoms with Gasteiger partial charge in [-0.05, 0) is 12.1 Å². The molecule has 1 N–H and O–H groups in total. The average molecular weight is 222 g/mol. The molecule has 1 aromatic carbocycles. The molecule has 0 aliphatic rings. The number of hydrogen-bond acceptors (Lipinski definition) is 3. The summed E-state index contributed by atoms with van der Waals surface area (Å²) in [5.41, 5.74) is 2.01. The van der Waals surface area contributed by atoms with Crippen LogP contribution in [0.3, 0.4) is 0 Å². The third-order valence-electron chi connectivity index (χ3n) is 2.01. The molecule has 2 rings (SSSR count). The highest BCUT2D eigenvalue weighted by molar-refractivity contribution is 7.99. The fraction of sp³-hybridized carbons (Fsp3) is 0.364. The van der Waals surface area contributed by atoms with Gasteiger partial charge in [0.05, 0.1) is 18.1 Å². The summed E-state index contributed by atoms with van der Waals surface area (Å²) in [7, 11) is 1.67. The van der Waals surface area contributed by atoms with Crippen molar-refractivity contribution in [2.24, 2.45) is 0 Å². The van der Waals surface area contributed by atoms with E-state index in [0.29, 0.717) is 5.25 Å². The molecule has 0 spiro atoms. The van der Waals surface area contributed by atoms with Gasteiger partial charge in [-0.15, -0.1) is 0 Å². The maximum Gasteiger partial charge on any atom is 0.166 e. The van der Waals surface area contributed by atoms with Crippen LogP contribution in [0, 0.1) is 0 Å². The topological polar surface area (TPSA) is 37.9 Å². The molecule has 15 heavy (non-hydrogen) atoms. The Balaban J connectivity index is 2.37. The molecule has 0 saturated heterocycles. The van der Waals surface area contributed by atoms with Crippen LogP contribution in [0.1, 0.15) is 13.8 Å². The van der Waals surface area contributed by atoms with Crippen molar-refractivity contribution in [3.63, 3.8) is 0 Å². The van der Waals surface area contributed by atoms with Crippen molar-refractivity contribution in [3.05, 3.63) is 18.2 Å². The number of methoxy groups -OCH3 is 1. The van der Waals surface area contributed by atoms with Gasteiger partial charge in [0.25, 0.3) is 0 Å². The summed E-state index contributed by atoms with van der Waals surface area (Å²) in [6.45, 7) is 4.30. The number of nitrogens with one attached hydrogen (secondary N) is 1. The third-order valence-corrected chi connectivity index (χ3v) is 2.90. The monoisotopic (exact) mass is 222 g/mol. The molecule has 0 atom stereocenters. The highest BCUT2D eigenvalue weighted by atomic mass is 32.2. The number of imidazole rings is 1. The summed E-state index contributed by atoms with van der Waals surface area (Å²) in [5.74, 6) is 0.854. The lowest BCUT2D eigenvalue weighted by atomic mass is 10.3. The van der Waals surface area contributed by atoms with Gasteiger partial charge < -0.3 is 9.72 Å². The summed E-state index contributed by atoms with van der Waals surface area (Å²) < 4.78 is 5.16. The molecule has 0 aliphatic heterocycles. The molecule has 0 unspecified atom stereocenters. The first-order valence-corrected chi connectivity index (χ1v) is 5.77. The Bertz CT molecular complexity index is 465. The molecule has 3 nitrogen and oxygen atoms in total. The van der Waals surface area contributed by atoms with Crippen molar-refractivity contribution >= 4 is 22.8 Å². The molecule has 4 heteroatoms. The summed E-state index contributed by atoms with van der Waals surface area (Å²) in [6.07, 6.45) is 0. The molecule has 0 radical (unpaired) electrons.